The van der Waals surface area contributed by atoms with E-state index in [1.54, 1.807) is 6.20 Å². The number of hydrogen-bond acceptors (Lipinski definition) is 7. The molecule has 0 spiro atoms. The van der Waals surface area contributed by atoms with E-state index in [2.05, 4.69) is 25.9 Å². The SMILES string of the molecule is CN(C)c1cncc(-c2ccc(N)c(C(=N)c3nc4c(N5CCCCC5)cncc4[nH]3)c2)c1. The van der Waals surface area contributed by atoms with Crippen molar-refractivity contribution < 1.29 is 0 Å². The predicted molar refractivity (Wildman–Crippen MR) is 134 cm³/mol. The molecule has 1 aliphatic rings. The zero-order valence-electron chi connectivity index (χ0n) is 19.0. The van der Waals surface area contributed by atoms with Gasteiger partial charge in [-0.2, -0.15) is 0 Å². The molecule has 1 fully saturated rings. The minimum Gasteiger partial charge on any atom is -0.398 e. The number of piperidine rings is 1. The molecule has 168 valence electrons. The lowest BCUT2D eigenvalue weighted by atomic mass is 10.00. The number of nitrogens with zero attached hydrogens (tertiary/aromatic N) is 5. The van der Waals surface area contributed by atoms with Crippen LogP contribution in [0.4, 0.5) is 17.1 Å². The van der Waals surface area contributed by atoms with Crippen LogP contribution in [0, 0.1) is 5.41 Å². The largest absolute Gasteiger partial charge is 0.398 e. The maximum atomic E-state index is 8.90. The number of hydrogen-bond donors (Lipinski definition) is 3. The molecule has 0 bridgehead atoms. The predicted octanol–water partition coefficient (Wildman–Crippen LogP) is 4.07. The van der Waals surface area contributed by atoms with Gasteiger partial charge in [-0.3, -0.25) is 15.4 Å². The number of nitrogens with one attached hydrogen (secondary N) is 2. The first-order chi connectivity index (χ1) is 16.0. The van der Waals surface area contributed by atoms with Crippen molar-refractivity contribution in [1.29, 1.82) is 5.41 Å². The van der Waals surface area contributed by atoms with Crippen molar-refractivity contribution in [3.63, 3.8) is 0 Å². The zero-order valence-corrected chi connectivity index (χ0v) is 19.0. The number of pyridine rings is 2. The average molecular weight is 441 g/mol. The monoisotopic (exact) mass is 440 g/mol. The summed E-state index contributed by atoms with van der Waals surface area (Å²) in [6, 6.07) is 7.80. The van der Waals surface area contributed by atoms with Crippen molar-refractivity contribution in [2.75, 3.05) is 42.7 Å². The van der Waals surface area contributed by atoms with E-state index in [1.807, 2.05) is 55.8 Å². The molecule has 1 aromatic carbocycles. The van der Waals surface area contributed by atoms with Gasteiger partial charge in [0, 0.05) is 50.2 Å². The van der Waals surface area contributed by atoms with Crippen molar-refractivity contribution in [2.24, 2.45) is 0 Å². The number of rotatable bonds is 5. The third-order valence-corrected chi connectivity index (χ3v) is 6.20. The Balaban J connectivity index is 1.52. The first-order valence-electron chi connectivity index (χ1n) is 11.2. The summed E-state index contributed by atoms with van der Waals surface area (Å²) in [5, 5.41) is 8.90. The molecule has 1 saturated heterocycles. The minimum absolute atomic E-state index is 0.256. The summed E-state index contributed by atoms with van der Waals surface area (Å²) in [4.78, 5) is 21.2. The zero-order chi connectivity index (χ0) is 22.9. The molecular formula is C25H28N8. The smallest absolute Gasteiger partial charge is 0.157 e. The van der Waals surface area contributed by atoms with E-state index in [0.717, 1.165) is 46.6 Å². The third kappa shape index (κ3) is 4.00. The lowest BCUT2D eigenvalue weighted by Gasteiger charge is -2.28. The molecule has 33 heavy (non-hydrogen) atoms. The number of nitrogen functional groups attached to an aromatic ring is 1. The highest BCUT2D eigenvalue weighted by atomic mass is 15.2. The third-order valence-electron chi connectivity index (χ3n) is 6.20. The van der Waals surface area contributed by atoms with Crippen LogP contribution in [0.25, 0.3) is 22.2 Å². The second-order valence-electron chi connectivity index (χ2n) is 8.69. The Labute approximate surface area is 193 Å². The summed E-state index contributed by atoms with van der Waals surface area (Å²) >= 11 is 0. The molecule has 8 nitrogen and oxygen atoms in total. The molecule has 4 heterocycles. The fraction of sp³-hybridized carbons (Fsp3) is 0.280. The van der Waals surface area contributed by atoms with Gasteiger partial charge < -0.3 is 20.5 Å². The van der Waals surface area contributed by atoms with E-state index < -0.39 is 0 Å². The molecule has 5 rings (SSSR count). The van der Waals surface area contributed by atoms with Crippen LogP contribution in [0.3, 0.4) is 0 Å². The summed E-state index contributed by atoms with van der Waals surface area (Å²) in [6.07, 6.45) is 10.9. The van der Waals surface area contributed by atoms with E-state index in [0.29, 0.717) is 17.1 Å². The van der Waals surface area contributed by atoms with Gasteiger partial charge >= 0.3 is 0 Å². The highest BCUT2D eigenvalue weighted by Crippen LogP contribution is 2.29. The highest BCUT2D eigenvalue weighted by molar-refractivity contribution is 6.13. The summed E-state index contributed by atoms with van der Waals surface area (Å²) in [5.41, 5.74) is 13.4. The number of imidazole rings is 1. The van der Waals surface area contributed by atoms with Crippen LogP contribution < -0.4 is 15.5 Å². The van der Waals surface area contributed by atoms with Crippen LogP contribution in [0.2, 0.25) is 0 Å². The minimum atomic E-state index is 0.256. The molecule has 0 amide bonds. The summed E-state index contributed by atoms with van der Waals surface area (Å²) in [5.74, 6) is 0.486. The first-order valence-corrected chi connectivity index (χ1v) is 11.2. The molecular weight excluding hydrogens is 412 g/mol. The van der Waals surface area contributed by atoms with Crippen molar-refractivity contribution >= 4 is 33.8 Å². The van der Waals surface area contributed by atoms with Gasteiger partial charge in [0.15, 0.2) is 5.82 Å². The van der Waals surface area contributed by atoms with Gasteiger partial charge in [-0.25, -0.2) is 4.98 Å². The van der Waals surface area contributed by atoms with E-state index >= 15 is 0 Å². The fourth-order valence-electron chi connectivity index (χ4n) is 4.31. The summed E-state index contributed by atoms with van der Waals surface area (Å²) in [7, 11) is 3.97. The normalized spacial score (nSPS) is 13.9. The highest BCUT2D eigenvalue weighted by Gasteiger charge is 2.19. The Morgan fingerprint density at radius 3 is 2.58 bits per heavy atom. The number of benzene rings is 1. The number of aromatic nitrogens is 4. The van der Waals surface area contributed by atoms with Crippen molar-refractivity contribution in [3.8, 4) is 11.1 Å². The molecule has 0 aliphatic carbocycles. The molecule has 1 aliphatic heterocycles. The van der Waals surface area contributed by atoms with Crippen LogP contribution >= 0.6 is 0 Å². The van der Waals surface area contributed by atoms with Gasteiger partial charge in [-0.05, 0) is 43.0 Å². The van der Waals surface area contributed by atoms with E-state index in [9.17, 15) is 0 Å². The Morgan fingerprint density at radius 1 is 1.00 bits per heavy atom. The van der Waals surface area contributed by atoms with Gasteiger partial charge in [0.05, 0.1) is 35.5 Å². The molecule has 0 saturated carbocycles. The van der Waals surface area contributed by atoms with Crippen LogP contribution in [-0.4, -0.2) is 52.8 Å². The Bertz CT molecular complexity index is 1320. The molecule has 0 radical (unpaired) electrons. The molecule has 3 aromatic heterocycles. The lowest BCUT2D eigenvalue weighted by molar-refractivity contribution is 0.578. The van der Waals surface area contributed by atoms with Crippen LogP contribution in [0.1, 0.15) is 30.7 Å². The second-order valence-corrected chi connectivity index (χ2v) is 8.69. The van der Waals surface area contributed by atoms with Gasteiger partial charge in [0.25, 0.3) is 0 Å². The Hall–Kier alpha value is -3.94. The lowest BCUT2D eigenvalue weighted by Crippen LogP contribution is -2.29. The van der Waals surface area contributed by atoms with E-state index in [4.69, 9.17) is 16.1 Å². The van der Waals surface area contributed by atoms with Crippen molar-refractivity contribution in [3.05, 3.63) is 60.4 Å². The number of H-pyrrole nitrogens is 1. The van der Waals surface area contributed by atoms with Gasteiger partial charge in [-0.15, -0.1) is 0 Å². The van der Waals surface area contributed by atoms with Gasteiger partial charge in [0.2, 0.25) is 0 Å². The standard InChI is InChI=1S/C25H28N8/c1-32(2)18-10-17(12-28-13-18)16-6-7-20(26)19(11-16)23(27)25-30-21-14-29-15-22(24(21)31-25)33-8-4-3-5-9-33/h6-7,10-15,27H,3-5,8-9,26H2,1-2H3,(H,30,31). The summed E-state index contributed by atoms with van der Waals surface area (Å²) < 4.78 is 0. The number of aromatic amines is 1. The van der Waals surface area contributed by atoms with Gasteiger partial charge in [0.1, 0.15) is 11.2 Å². The van der Waals surface area contributed by atoms with Crippen LogP contribution in [-0.2, 0) is 0 Å². The molecule has 0 atom stereocenters. The van der Waals surface area contributed by atoms with E-state index in [1.165, 1.54) is 19.3 Å². The maximum absolute atomic E-state index is 8.90. The van der Waals surface area contributed by atoms with Gasteiger partial charge in [-0.1, -0.05) is 6.07 Å². The number of fused-ring (bicyclic) bond motifs is 1. The molecule has 4 N–H and O–H groups in total. The van der Waals surface area contributed by atoms with Crippen LogP contribution in [0.15, 0.2) is 49.1 Å². The maximum Gasteiger partial charge on any atom is 0.157 e. The topological polar surface area (TPSA) is 111 Å². The van der Waals surface area contributed by atoms with E-state index in [-0.39, 0.29) is 5.71 Å². The summed E-state index contributed by atoms with van der Waals surface area (Å²) in [6.45, 7) is 2.02. The van der Waals surface area contributed by atoms with Crippen molar-refractivity contribution in [2.45, 2.75) is 19.3 Å². The number of nitrogens with two attached hydrogens (primary N) is 1. The second kappa shape index (κ2) is 8.54. The van der Waals surface area contributed by atoms with Crippen molar-refractivity contribution in [1.82, 2.24) is 19.9 Å². The average Bonchev–Trinajstić information content (AvgIpc) is 3.29. The molecule has 8 heteroatoms. The first kappa shape index (κ1) is 20.9. The Morgan fingerprint density at radius 2 is 1.79 bits per heavy atom. The quantitative estimate of drug-likeness (QED) is 0.319. The molecule has 4 aromatic rings. The van der Waals surface area contributed by atoms with Crippen LogP contribution in [0.5, 0.6) is 0 Å². The fourth-order valence-corrected chi connectivity index (χ4v) is 4.31. The molecule has 0 unspecified atom stereocenters. The number of anilines is 3. The Kier molecular flexibility index (Phi) is 5.42.